The molecule has 4 rings (SSSR count). The molecule has 2 amide bonds. The fourth-order valence-electron chi connectivity index (χ4n) is 3.81. The zero-order chi connectivity index (χ0) is 23.2. The number of piperazine rings is 1. The molecular weight excluding hydrogens is 438 g/mol. The minimum Gasteiger partial charge on any atom is -0.484 e. The van der Waals surface area contributed by atoms with E-state index in [-0.39, 0.29) is 18.4 Å². The first-order valence-corrected chi connectivity index (χ1v) is 11.3. The highest BCUT2D eigenvalue weighted by Crippen LogP contribution is 2.27. The molecule has 0 spiro atoms. The molecule has 33 heavy (non-hydrogen) atoms. The molecule has 0 atom stereocenters. The number of benzene rings is 3. The van der Waals surface area contributed by atoms with Crippen LogP contribution in [0.15, 0.2) is 72.8 Å². The SMILES string of the molecule is Cc1cc(OCC(=O)Nc2ccccc2N2CCN(C(=O)c3ccccc3)CC2)ccc1Cl. The minimum atomic E-state index is -0.243. The lowest BCUT2D eigenvalue weighted by atomic mass is 10.1. The van der Waals surface area contributed by atoms with Crippen molar-refractivity contribution in [1.82, 2.24) is 4.90 Å². The van der Waals surface area contributed by atoms with Crippen LogP contribution in [-0.4, -0.2) is 49.5 Å². The second-order valence-electron chi connectivity index (χ2n) is 7.91. The monoisotopic (exact) mass is 463 g/mol. The summed E-state index contributed by atoms with van der Waals surface area (Å²) < 4.78 is 5.62. The number of halogens is 1. The number of hydrogen-bond acceptors (Lipinski definition) is 4. The molecule has 1 heterocycles. The molecule has 3 aromatic carbocycles. The third-order valence-corrected chi connectivity index (χ3v) is 6.03. The standard InChI is InChI=1S/C26H26ClN3O3/c1-19-17-21(11-12-22(19)27)33-18-25(31)28-23-9-5-6-10-24(23)29-13-15-30(16-14-29)26(32)20-7-3-2-4-8-20/h2-12,17H,13-16,18H2,1H3,(H,28,31). The Kier molecular flexibility index (Phi) is 7.15. The van der Waals surface area contributed by atoms with E-state index in [4.69, 9.17) is 16.3 Å². The van der Waals surface area contributed by atoms with Crippen LogP contribution in [0.5, 0.6) is 5.75 Å². The van der Waals surface area contributed by atoms with E-state index in [1.165, 1.54) is 0 Å². The zero-order valence-corrected chi connectivity index (χ0v) is 19.2. The fraction of sp³-hybridized carbons (Fsp3) is 0.231. The van der Waals surface area contributed by atoms with Gasteiger partial charge in [0.15, 0.2) is 6.61 Å². The average Bonchev–Trinajstić information content (AvgIpc) is 2.85. The summed E-state index contributed by atoms with van der Waals surface area (Å²) >= 11 is 6.04. The summed E-state index contributed by atoms with van der Waals surface area (Å²) in [7, 11) is 0. The van der Waals surface area contributed by atoms with Gasteiger partial charge in [-0.25, -0.2) is 0 Å². The van der Waals surface area contributed by atoms with Gasteiger partial charge in [0.25, 0.3) is 11.8 Å². The van der Waals surface area contributed by atoms with Crippen LogP contribution in [0.25, 0.3) is 0 Å². The van der Waals surface area contributed by atoms with E-state index in [9.17, 15) is 9.59 Å². The highest BCUT2D eigenvalue weighted by atomic mass is 35.5. The van der Waals surface area contributed by atoms with E-state index >= 15 is 0 Å². The summed E-state index contributed by atoms with van der Waals surface area (Å²) in [5, 5.41) is 3.61. The first-order valence-electron chi connectivity index (χ1n) is 10.9. The maximum atomic E-state index is 12.7. The van der Waals surface area contributed by atoms with Gasteiger partial charge < -0.3 is 19.9 Å². The van der Waals surface area contributed by atoms with E-state index < -0.39 is 0 Å². The van der Waals surface area contributed by atoms with Crippen LogP contribution in [-0.2, 0) is 4.79 Å². The van der Waals surface area contributed by atoms with Crippen LogP contribution in [0, 0.1) is 6.92 Å². The Bertz CT molecular complexity index is 1130. The molecule has 0 bridgehead atoms. The van der Waals surface area contributed by atoms with Gasteiger partial charge in [0, 0.05) is 36.8 Å². The molecule has 1 fully saturated rings. The molecule has 3 aromatic rings. The fourth-order valence-corrected chi connectivity index (χ4v) is 3.93. The molecule has 1 aliphatic rings. The molecule has 170 valence electrons. The summed E-state index contributed by atoms with van der Waals surface area (Å²) in [5.41, 5.74) is 3.25. The normalized spacial score (nSPS) is 13.5. The second-order valence-corrected chi connectivity index (χ2v) is 8.32. The first-order chi connectivity index (χ1) is 16.0. The lowest BCUT2D eigenvalue weighted by molar-refractivity contribution is -0.118. The van der Waals surface area contributed by atoms with Gasteiger partial charge in [-0.3, -0.25) is 9.59 Å². The van der Waals surface area contributed by atoms with Crippen molar-refractivity contribution in [1.29, 1.82) is 0 Å². The van der Waals surface area contributed by atoms with Crippen LogP contribution >= 0.6 is 11.6 Å². The van der Waals surface area contributed by atoms with Crippen molar-refractivity contribution >= 4 is 34.8 Å². The number of anilines is 2. The zero-order valence-electron chi connectivity index (χ0n) is 18.5. The van der Waals surface area contributed by atoms with Crippen molar-refractivity contribution in [3.05, 3.63) is 88.9 Å². The third-order valence-electron chi connectivity index (χ3n) is 5.61. The van der Waals surface area contributed by atoms with Gasteiger partial charge in [-0.1, -0.05) is 41.9 Å². The van der Waals surface area contributed by atoms with Gasteiger partial charge >= 0.3 is 0 Å². The smallest absolute Gasteiger partial charge is 0.262 e. The summed E-state index contributed by atoms with van der Waals surface area (Å²) in [4.78, 5) is 29.3. The van der Waals surface area contributed by atoms with E-state index in [2.05, 4.69) is 10.2 Å². The minimum absolute atomic E-state index is 0.0476. The number of nitrogens with one attached hydrogen (secondary N) is 1. The maximum absolute atomic E-state index is 12.7. The third kappa shape index (κ3) is 5.65. The predicted octanol–water partition coefficient (Wildman–Crippen LogP) is 4.63. The Morgan fingerprint density at radius 3 is 2.36 bits per heavy atom. The van der Waals surface area contributed by atoms with Crippen molar-refractivity contribution in [2.45, 2.75) is 6.92 Å². The van der Waals surface area contributed by atoms with Gasteiger partial charge in [0.1, 0.15) is 5.75 Å². The highest BCUT2D eigenvalue weighted by Gasteiger charge is 2.23. The average molecular weight is 464 g/mol. The van der Waals surface area contributed by atoms with Crippen LogP contribution in [0.2, 0.25) is 5.02 Å². The molecule has 1 N–H and O–H groups in total. The number of nitrogens with zero attached hydrogens (tertiary/aromatic N) is 2. The quantitative estimate of drug-likeness (QED) is 0.579. The van der Waals surface area contributed by atoms with E-state index in [1.54, 1.807) is 18.2 Å². The number of carbonyl (C=O) groups is 2. The van der Waals surface area contributed by atoms with Crippen LogP contribution in [0.3, 0.4) is 0 Å². The second kappa shape index (κ2) is 10.4. The first kappa shape index (κ1) is 22.7. The largest absolute Gasteiger partial charge is 0.484 e. The van der Waals surface area contributed by atoms with Crippen molar-refractivity contribution < 1.29 is 14.3 Å². The van der Waals surface area contributed by atoms with Gasteiger partial charge in [0.2, 0.25) is 0 Å². The Morgan fingerprint density at radius 2 is 1.64 bits per heavy atom. The number of hydrogen-bond donors (Lipinski definition) is 1. The van der Waals surface area contributed by atoms with Gasteiger partial charge in [-0.05, 0) is 55.0 Å². The summed E-state index contributed by atoms with van der Waals surface area (Å²) in [5.74, 6) is 0.402. The van der Waals surface area contributed by atoms with Gasteiger partial charge in [0.05, 0.1) is 11.4 Å². The lowest BCUT2D eigenvalue weighted by Crippen LogP contribution is -2.49. The molecule has 6 nitrogen and oxygen atoms in total. The molecule has 1 aliphatic heterocycles. The predicted molar refractivity (Wildman–Crippen MR) is 131 cm³/mol. The molecule has 0 radical (unpaired) electrons. The van der Waals surface area contributed by atoms with E-state index in [1.807, 2.05) is 66.4 Å². The van der Waals surface area contributed by atoms with Crippen molar-refractivity contribution in [3.63, 3.8) is 0 Å². The summed E-state index contributed by atoms with van der Waals surface area (Å²) in [6, 6.07) is 22.3. The number of rotatable bonds is 6. The molecule has 0 aliphatic carbocycles. The molecule has 1 saturated heterocycles. The highest BCUT2D eigenvalue weighted by molar-refractivity contribution is 6.31. The van der Waals surface area contributed by atoms with Crippen molar-refractivity contribution in [2.24, 2.45) is 0 Å². The number of para-hydroxylation sites is 2. The van der Waals surface area contributed by atoms with Gasteiger partial charge in [-0.2, -0.15) is 0 Å². The molecule has 7 heteroatoms. The molecule has 0 aromatic heterocycles. The number of carbonyl (C=O) groups excluding carboxylic acids is 2. The van der Waals surface area contributed by atoms with E-state index in [0.29, 0.717) is 42.5 Å². The topological polar surface area (TPSA) is 61.9 Å². The van der Waals surface area contributed by atoms with Crippen molar-refractivity contribution in [2.75, 3.05) is 43.0 Å². The molecular formula is C26H26ClN3O3. The van der Waals surface area contributed by atoms with Gasteiger partial charge in [-0.15, -0.1) is 0 Å². The lowest BCUT2D eigenvalue weighted by Gasteiger charge is -2.37. The summed E-state index contributed by atoms with van der Waals surface area (Å²) in [6.07, 6.45) is 0. The Balaban J connectivity index is 1.35. The van der Waals surface area contributed by atoms with Crippen molar-refractivity contribution in [3.8, 4) is 5.75 Å². The molecule has 0 unspecified atom stereocenters. The van der Waals surface area contributed by atoms with E-state index in [0.717, 1.165) is 16.9 Å². The number of aryl methyl sites for hydroxylation is 1. The summed E-state index contributed by atoms with van der Waals surface area (Å²) in [6.45, 7) is 4.40. The molecule has 0 saturated carbocycles. The Hall–Kier alpha value is -3.51. The maximum Gasteiger partial charge on any atom is 0.262 e. The van der Waals surface area contributed by atoms with Crippen LogP contribution in [0.1, 0.15) is 15.9 Å². The van der Waals surface area contributed by atoms with Crippen LogP contribution < -0.4 is 15.0 Å². The van der Waals surface area contributed by atoms with Crippen LogP contribution in [0.4, 0.5) is 11.4 Å². The number of amides is 2. The number of ether oxygens (including phenoxy) is 1. The Labute approximate surface area is 198 Å². The Morgan fingerprint density at radius 1 is 0.939 bits per heavy atom.